The van der Waals surface area contributed by atoms with E-state index in [0.29, 0.717) is 6.04 Å². The largest absolute Gasteiger partial charge is 0.468 e. The quantitative estimate of drug-likeness (QED) is 0.751. The Balaban J connectivity index is 1.74. The fourth-order valence-electron chi connectivity index (χ4n) is 1.80. The Morgan fingerprint density at radius 2 is 2.43 bits per heavy atom. The van der Waals surface area contributed by atoms with Crippen LogP contribution in [-0.4, -0.2) is 6.54 Å². The molecule has 1 saturated carbocycles. The predicted molar refractivity (Wildman–Crippen MR) is 57.1 cm³/mol. The molecule has 1 aliphatic carbocycles. The molecule has 1 N–H and O–H groups in total. The first-order valence-corrected chi connectivity index (χ1v) is 5.67. The Labute approximate surface area is 85.7 Å². The molecule has 0 amide bonds. The van der Waals surface area contributed by atoms with Crippen LogP contribution in [0.25, 0.3) is 0 Å². The molecule has 2 rings (SSSR count). The van der Waals surface area contributed by atoms with E-state index < -0.39 is 0 Å². The van der Waals surface area contributed by atoms with Crippen molar-refractivity contribution in [1.82, 2.24) is 5.32 Å². The molecule has 78 valence electrons. The second kappa shape index (κ2) is 4.65. The molecule has 0 radical (unpaired) electrons. The molecule has 2 heteroatoms. The van der Waals surface area contributed by atoms with Gasteiger partial charge in [-0.3, -0.25) is 0 Å². The maximum atomic E-state index is 5.40. The molecule has 1 fully saturated rings. The van der Waals surface area contributed by atoms with E-state index in [1.807, 2.05) is 6.07 Å². The minimum absolute atomic E-state index is 0.406. The fourth-order valence-corrected chi connectivity index (χ4v) is 1.80. The van der Waals surface area contributed by atoms with Crippen molar-refractivity contribution in [3.8, 4) is 0 Å². The molecule has 0 aromatic carbocycles. The normalized spacial score (nSPS) is 18.4. The lowest BCUT2D eigenvalue weighted by Crippen LogP contribution is -2.21. The summed E-state index contributed by atoms with van der Waals surface area (Å²) in [5, 5.41) is 3.55. The van der Waals surface area contributed by atoms with Crippen molar-refractivity contribution in [1.29, 1.82) is 0 Å². The molecule has 1 aliphatic rings. The molecule has 1 unspecified atom stereocenters. The summed E-state index contributed by atoms with van der Waals surface area (Å²) >= 11 is 0. The van der Waals surface area contributed by atoms with E-state index >= 15 is 0 Å². The van der Waals surface area contributed by atoms with Gasteiger partial charge in [0, 0.05) is 0 Å². The van der Waals surface area contributed by atoms with E-state index in [0.717, 1.165) is 24.6 Å². The Hall–Kier alpha value is -0.760. The highest BCUT2D eigenvalue weighted by Gasteiger charge is 2.21. The average Bonchev–Trinajstić information content (AvgIpc) is 2.86. The van der Waals surface area contributed by atoms with E-state index in [-0.39, 0.29) is 0 Å². The summed E-state index contributed by atoms with van der Waals surface area (Å²) in [5.41, 5.74) is 0. The van der Waals surface area contributed by atoms with Crippen LogP contribution in [0.2, 0.25) is 0 Å². The van der Waals surface area contributed by atoms with Crippen LogP contribution in [-0.2, 0) is 0 Å². The van der Waals surface area contributed by atoms with Crippen LogP contribution in [0.4, 0.5) is 0 Å². The Morgan fingerprint density at radius 1 is 1.57 bits per heavy atom. The van der Waals surface area contributed by atoms with Crippen LogP contribution in [0.5, 0.6) is 0 Å². The highest BCUT2D eigenvalue weighted by molar-refractivity contribution is 5.03. The third-order valence-electron chi connectivity index (χ3n) is 2.94. The average molecular weight is 193 g/mol. The van der Waals surface area contributed by atoms with Gasteiger partial charge in [0.25, 0.3) is 0 Å². The van der Waals surface area contributed by atoms with Gasteiger partial charge in [-0.25, -0.2) is 0 Å². The Bertz CT molecular complexity index is 251. The first-order chi connectivity index (χ1) is 6.90. The standard InChI is InChI=1S/C12H19NO/c1-2-11(12-4-3-9-14-12)13-8-7-10-5-6-10/h3-4,9-11,13H,2,5-8H2,1H3. The Kier molecular flexibility index (Phi) is 3.25. The van der Waals surface area contributed by atoms with Crippen molar-refractivity contribution in [3.63, 3.8) is 0 Å². The van der Waals surface area contributed by atoms with Crippen molar-refractivity contribution in [2.24, 2.45) is 5.92 Å². The molecule has 0 bridgehead atoms. The molecular formula is C12H19NO. The third kappa shape index (κ3) is 2.61. The summed E-state index contributed by atoms with van der Waals surface area (Å²) in [7, 11) is 0. The predicted octanol–water partition coefficient (Wildman–Crippen LogP) is 3.12. The topological polar surface area (TPSA) is 25.2 Å². The zero-order valence-electron chi connectivity index (χ0n) is 8.83. The van der Waals surface area contributed by atoms with Crippen molar-refractivity contribution in [2.45, 2.75) is 38.6 Å². The lowest BCUT2D eigenvalue weighted by atomic mass is 10.1. The van der Waals surface area contributed by atoms with Gasteiger partial charge >= 0.3 is 0 Å². The van der Waals surface area contributed by atoms with Gasteiger partial charge in [-0.2, -0.15) is 0 Å². The molecule has 1 aromatic rings. The van der Waals surface area contributed by atoms with E-state index in [2.05, 4.69) is 18.3 Å². The molecule has 1 heterocycles. The van der Waals surface area contributed by atoms with E-state index in [9.17, 15) is 0 Å². The lowest BCUT2D eigenvalue weighted by molar-refractivity contribution is 0.399. The van der Waals surface area contributed by atoms with Crippen LogP contribution < -0.4 is 5.32 Å². The van der Waals surface area contributed by atoms with Crippen LogP contribution in [0.1, 0.15) is 44.4 Å². The minimum atomic E-state index is 0.406. The summed E-state index contributed by atoms with van der Waals surface area (Å²) in [4.78, 5) is 0. The monoisotopic (exact) mass is 193 g/mol. The molecule has 0 aliphatic heterocycles. The summed E-state index contributed by atoms with van der Waals surface area (Å²) in [5.74, 6) is 2.08. The van der Waals surface area contributed by atoms with E-state index in [4.69, 9.17) is 4.42 Å². The minimum Gasteiger partial charge on any atom is -0.468 e. The molecule has 1 aromatic heterocycles. The molecule has 0 saturated heterocycles. The molecule has 1 atom stereocenters. The first kappa shape index (κ1) is 9.78. The second-order valence-corrected chi connectivity index (χ2v) is 4.16. The zero-order valence-corrected chi connectivity index (χ0v) is 8.83. The number of furan rings is 1. The van der Waals surface area contributed by atoms with Crippen LogP contribution in [0.15, 0.2) is 22.8 Å². The summed E-state index contributed by atoms with van der Waals surface area (Å²) in [6.07, 6.45) is 7.06. The number of hydrogen-bond acceptors (Lipinski definition) is 2. The van der Waals surface area contributed by atoms with Gasteiger partial charge in [0.15, 0.2) is 0 Å². The smallest absolute Gasteiger partial charge is 0.120 e. The van der Waals surface area contributed by atoms with Gasteiger partial charge in [0.1, 0.15) is 5.76 Å². The van der Waals surface area contributed by atoms with Gasteiger partial charge in [-0.15, -0.1) is 0 Å². The maximum absolute atomic E-state index is 5.40. The molecule has 14 heavy (non-hydrogen) atoms. The molecular weight excluding hydrogens is 174 g/mol. The Morgan fingerprint density at radius 3 is 3.00 bits per heavy atom. The van der Waals surface area contributed by atoms with Crippen LogP contribution in [0, 0.1) is 5.92 Å². The van der Waals surface area contributed by atoms with Gasteiger partial charge < -0.3 is 9.73 Å². The van der Waals surface area contributed by atoms with E-state index in [1.165, 1.54) is 19.3 Å². The molecule has 2 nitrogen and oxygen atoms in total. The molecule has 0 spiro atoms. The van der Waals surface area contributed by atoms with Crippen molar-refractivity contribution in [2.75, 3.05) is 6.54 Å². The van der Waals surface area contributed by atoms with Gasteiger partial charge in [-0.05, 0) is 37.4 Å². The summed E-state index contributed by atoms with van der Waals surface area (Å²) in [6, 6.07) is 4.42. The van der Waals surface area contributed by atoms with Crippen molar-refractivity contribution < 1.29 is 4.42 Å². The third-order valence-corrected chi connectivity index (χ3v) is 2.94. The van der Waals surface area contributed by atoms with Gasteiger partial charge in [-0.1, -0.05) is 19.8 Å². The second-order valence-electron chi connectivity index (χ2n) is 4.16. The highest BCUT2D eigenvalue weighted by atomic mass is 16.3. The highest BCUT2D eigenvalue weighted by Crippen LogP contribution is 2.32. The van der Waals surface area contributed by atoms with Crippen LogP contribution in [0.3, 0.4) is 0 Å². The van der Waals surface area contributed by atoms with Crippen molar-refractivity contribution in [3.05, 3.63) is 24.2 Å². The number of nitrogens with one attached hydrogen (secondary N) is 1. The summed E-state index contributed by atoms with van der Waals surface area (Å²) in [6.45, 7) is 3.32. The van der Waals surface area contributed by atoms with Gasteiger partial charge in [0.05, 0.1) is 12.3 Å². The lowest BCUT2D eigenvalue weighted by Gasteiger charge is -2.13. The van der Waals surface area contributed by atoms with Crippen LogP contribution >= 0.6 is 0 Å². The summed E-state index contributed by atoms with van der Waals surface area (Å²) < 4.78 is 5.40. The maximum Gasteiger partial charge on any atom is 0.120 e. The first-order valence-electron chi connectivity index (χ1n) is 5.67. The number of rotatable bonds is 6. The van der Waals surface area contributed by atoms with Gasteiger partial charge in [0.2, 0.25) is 0 Å². The van der Waals surface area contributed by atoms with Crippen molar-refractivity contribution >= 4 is 0 Å². The fraction of sp³-hybridized carbons (Fsp3) is 0.667. The van der Waals surface area contributed by atoms with E-state index in [1.54, 1.807) is 6.26 Å². The zero-order chi connectivity index (χ0) is 9.80. The number of hydrogen-bond donors (Lipinski definition) is 1. The SMILES string of the molecule is CCC(NCCC1CC1)c1ccco1.